The molecule has 3 aliphatic rings. The normalized spacial score (nSPS) is 21.3. The molecule has 0 spiro atoms. The van der Waals surface area contributed by atoms with Crippen LogP contribution >= 0.6 is 0 Å². The molecule has 64 heavy (non-hydrogen) atoms. The van der Waals surface area contributed by atoms with Crippen LogP contribution in [0.3, 0.4) is 0 Å². The Hall–Kier alpha value is -5.87. The molecule has 2 saturated heterocycles. The molecule has 16 heteroatoms. The van der Waals surface area contributed by atoms with E-state index >= 15 is 0 Å². The average Bonchev–Trinajstić information content (AvgIpc) is 4.05. The lowest BCUT2D eigenvalue weighted by atomic mass is 9.84. The van der Waals surface area contributed by atoms with Gasteiger partial charge in [-0.05, 0) is 87.4 Å². The highest BCUT2D eigenvalue weighted by Gasteiger charge is 2.40. The molecule has 4 amide bonds. The molecule has 1 aromatic carbocycles. The summed E-state index contributed by atoms with van der Waals surface area (Å²) >= 11 is 0. The molecule has 6 heterocycles. The molecular formula is C48H66N8O8. The molecule has 3 aromatic heterocycles. The predicted molar refractivity (Wildman–Crippen MR) is 244 cm³/mol. The molecule has 16 nitrogen and oxygen atoms in total. The minimum Gasteiger partial charge on any atom is -0.464 e. The quantitative estimate of drug-likeness (QED) is 0.146. The Bertz CT molecular complexity index is 2430. The van der Waals surface area contributed by atoms with Gasteiger partial charge in [-0.25, -0.2) is 5.43 Å². The summed E-state index contributed by atoms with van der Waals surface area (Å²) in [5.74, 6) is -2.31. The number of hydrogen-bond donors (Lipinski definition) is 2. The minimum absolute atomic E-state index is 0. The zero-order chi connectivity index (χ0) is 46.0. The fourth-order valence-corrected chi connectivity index (χ4v) is 9.50. The van der Waals surface area contributed by atoms with Crippen LogP contribution in [-0.2, 0) is 52.8 Å². The van der Waals surface area contributed by atoms with Crippen molar-refractivity contribution < 1.29 is 40.8 Å². The lowest BCUT2D eigenvalue weighted by molar-refractivity contribution is -0.155. The van der Waals surface area contributed by atoms with E-state index in [2.05, 4.69) is 66.0 Å². The van der Waals surface area contributed by atoms with E-state index in [1.165, 1.54) is 16.0 Å². The average molecular weight is 883 g/mol. The summed E-state index contributed by atoms with van der Waals surface area (Å²) in [6.45, 7) is 17.2. The Kier molecular flexibility index (Phi) is 13.8. The summed E-state index contributed by atoms with van der Waals surface area (Å²) in [4.78, 5) is 76.7. The largest absolute Gasteiger partial charge is 0.464 e. The first-order valence-corrected chi connectivity index (χ1v) is 22.4. The van der Waals surface area contributed by atoms with Crippen LogP contribution < -0.4 is 10.7 Å². The zero-order valence-electron chi connectivity index (χ0n) is 38.3. The van der Waals surface area contributed by atoms with Crippen molar-refractivity contribution in [2.24, 2.45) is 17.3 Å². The Morgan fingerprint density at radius 2 is 1.92 bits per heavy atom. The van der Waals surface area contributed by atoms with Gasteiger partial charge in [0.15, 0.2) is 5.76 Å². The van der Waals surface area contributed by atoms with Gasteiger partial charge in [0, 0.05) is 89.3 Å². The number of fused-ring (bicyclic) bond motifs is 6. The van der Waals surface area contributed by atoms with Gasteiger partial charge in [-0.2, -0.15) is 0 Å². The third kappa shape index (κ3) is 9.34. The molecule has 346 valence electrons. The number of nitrogens with one attached hydrogen (secondary N) is 2. The Morgan fingerprint density at radius 1 is 1.14 bits per heavy atom. The third-order valence-electron chi connectivity index (χ3n) is 12.9. The summed E-state index contributed by atoms with van der Waals surface area (Å²) in [6.07, 6.45) is 4.68. The van der Waals surface area contributed by atoms with E-state index in [0.717, 1.165) is 39.0 Å². The number of methoxy groups -OCH3 is 1. The van der Waals surface area contributed by atoms with E-state index in [0.29, 0.717) is 50.2 Å². The molecule has 7 rings (SSSR count). The number of aromatic nitrogens is 3. The van der Waals surface area contributed by atoms with Crippen molar-refractivity contribution in [1.29, 1.82) is 0 Å². The van der Waals surface area contributed by atoms with Crippen molar-refractivity contribution in [2.75, 3.05) is 40.4 Å². The van der Waals surface area contributed by atoms with Crippen LogP contribution in [0.4, 0.5) is 0 Å². The number of carbonyl (C=O) groups excluding carboxylic acids is 5. The summed E-state index contributed by atoms with van der Waals surface area (Å²) in [7, 11) is 3.25. The number of rotatable bonds is 10. The zero-order valence-corrected chi connectivity index (χ0v) is 38.3. The highest BCUT2D eigenvalue weighted by Crippen LogP contribution is 2.42. The van der Waals surface area contributed by atoms with Gasteiger partial charge in [0.25, 0.3) is 5.91 Å². The van der Waals surface area contributed by atoms with Crippen LogP contribution in [0.5, 0.6) is 0 Å². The second-order valence-electron chi connectivity index (χ2n) is 18.4. The van der Waals surface area contributed by atoms with Gasteiger partial charge >= 0.3 is 5.97 Å². The molecule has 5 atom stereocenters. The van der Waals surface area contributed by atoms with Gasteiger partial charge in [0.05, 0.1) is 35.7 Å². The Balaban J connectivity index is 0.00000408. The number of cyclic esters (lactones) is 1. The second kappa shape index (κ2) is 19.1. The first kappa shape index (κ1) is 46.1. The number of hydrogen-bond acceptors (Lipinski definition) is 11. The minimum atomic E-state index is -1.15. The van der Waals surface area contributed by atoms with Crippen molar-refractivity contribution in [3.8, 4) is 22.6 Å². The van der Waals surface area contributed by atoms with Crippen molar-refractivity contribution in [3.63, 3.8) is 0 Å². The number of amides is 4. The Labute approximate surface area is 377 Å². The summed E-state index contributed by atoms with van der Waals surface area (Å²) in [5, 5.41) is 9.75. The molecule has 2 fully saturated rings. The number of benzene rings is 1. The summed E-state index contributed by atoms with van der Waals surface area (Å²) in [6, 6.07) is 9.04. The van der Waals surface area contributed by atoms with Crippen LogP contribution in [0.2, 0.25) is 0 Å². The lowest BCUT2D eigenvalue weighted by Crippen LogP contribution is -2.62. The number of esters is 1. The summed E-state index contributed by atoms with van der Waals surface area (Å²) in [5.41, 5.74) is 8.61. The number of ether oxygens (including phenoxy) is 2. The SMILES string of the molecule is C=CC(=O)N1CC[C@H](C(=O)N(C)[C@H](C(=O)N[C@H]2Cc3cc(on3)-c3ccc4c(c3)c(c(-c3cccnc3[C@H](C)OC)n4CC)CC(C)(C)COC(=O)[C@@H]3CCCN(N3)C2=O)C(C)C)C1.[HH].[HH]. The molecule has 0 aliphatic carbocycles. The van der Waals surface area contributed by atoms with Crippen molar-refractivity contribution in [3.05, 3.63) is 72.2 Å². The number of hydrazine groups is 1. The maximum absolute atomic E-state index is 14.6. The topological polar surface area (TPSA) is 181 Å². The van der Waals surface area contributed by atoms with Gasteiger partial charge in [0.2, 0.25) is 17.7 Å². The van der Waals surface area contributed by atoms with Crippen molar-refractivity contribution in [1.82, 2.24) is 40.3 Å². The fraction of sp³-hybridized carbons (Fsp3) is 0.521. The maximum Gasteiger partial charge on any atom is 0.324 e. The number of pyridine rings is 1. The molecule has 0 radical (unpaired) electrons. The lowest BCUT2D eigenvalue weighted by Gasteiger charge is -2.36. The number of nitrogens with zero attached hydrogens (tertiary/aromatic N) is 6. The van der Waals surface area contributed by atoms with E-state index in [4.69, 9.17) is 19.0 Å². The van der Waals surface area contributed by atoms with Gasteiger partial charge in [-0.3, -0.25) is 34.0 Å². The molecule has 0 unspecified atom stereocenters. The fourth-order valence-electron chi connectivity index (χ4n) is 9.50. The Morgan fingerprint density at radius 3 is 2.64 bits per heavy atom. The summed E-state index contributed by atoms with van der Waals surface area (Å²) < 4.78 is 20.2. The van der Waals surface area contributed by atoms with Gasteiger partial charge in [-0.1, -0.05) is 39.4 Å². The van der Waals surface area contributed by atoms with E-state index in [9.17, 15) is 24.0 Å². The van der Waals surface area contributed by atoms with Crippen LogP contribution in [0.1, 0.15) is 86.7 Å². The first-order chi connectivity index (χ1) is 30.5. The van der Waals surface area contributed by atoms with Crippen LogP contribution in [-0.4, -0.2) is 118 Å². The smallest absolute Gasteiger partial charge is 0.324 e. The number of likely N-dealkylation sites (tertiary alicyclic amines) is 1. The van der Waals surface area contributed by atoms with Crippen molar-refractivity contribution in [2.45, 2.75) is 104 Å². The highest BCUT2D eigenvalue weighted by molar-refractivity contribution is 5.96. The van der Waals surface area contributed by atoms with Crippen LogP contribution in [0, 0.1) is 17.3 Å². The predicted octanol–water partition coefficient (Wildman–Crippen LogP) is 5.74. The maximum atomic E-state index is 14.6. The van der Waals surface area contributed by atoms with E-state index < -0.39 is 47.2 Å². The highest BCUT2D eigenvalue weighted by atomic mass is 16.5. The van der Waals surface area contributed by atoms with Crippen molar-refractivity contribution >= 4 is 40.5 Å². The molecular weight excluding hydrogens is 817 g/mol. The first-order valence-electron chi connectivity index (χ1n) is 22.4. The number of likely N-dealkylation sites (N-methyl/N-ethyl adjacent to an activating group) is 1. The molecule has 3 aliphatic heterocycles. The second-order valence-corrected chi connectivity index (χ2v) is 18.4. The molecule has 4 aromatic rings. The van der Waals surface area contributed by atoms with E-state index in [-0.39, 0.29) is 52.8 Å². The monoisotopic (exact) mass is 883 g/mol. The van der Waals surface area contributed by atoms with Crippen LogP contribution in [0.25, 0.3) is 33.5 Å². The third-order valence-corrected chi connectivity index (χ3v) is 12.9. The number of carbonyl (C=O) groups is 5. The standard InChI is InChI=1S/C48H62N8O8.2H2/c1-10-40(57)54-21-18-31(26-54)45(59)53(8)42(28(3)4)44(58)50-37-23-32-24-39(64-52-32)30-16-17-38-34(22-30)35(43(55(38)11-2)33-14-12-19-49-41(33)29(5)62-9)25-48(6,7)27-63-47(61)36-15-13-20-56(51-36)46(37)60;;/h10,12,14,16-17,19,22,24,28-29,31,36-37,42,51H,1,11,13,15,18,20-21,23,25-27H2,2-9H3,(H,50,58);2*1H/t29-,31-,36-,37-,42-;;/m0../s1. The molecule has 6 bridgehead atoms. The molecule has 2 N–H and O–H groups in total. The van der Waals surface area contributed by atoms with Gasteiger partial charge in [0.1, 0.15) is 18.1 Å². The van der Waals surface area contributed by atoms with E-state index in [1.54, 1.807) is 31.3 Å². The van der Waals surface area contributed by atoms with Gasteiger partial charge in [-0.15, -0.1) is 0 Å². The van der Waals surface area contributed by atoms with E-state index in [1.807, 2.05) is 32.9 Å². The molecule has 0 saturated carbocycles. The van der Waals surface area contributed by atoms with Gasteiger partial charge < -0.3 is 33.7 Å². The number of aryl methyl sites for hydroxylation is 1. The van der Waals surface area contributed by atoms with Crippen LogP contribution in [0.15, 0.2) is 59.8 Å².